The van der Waals surface area contributed by atoms with Crippen LogP contribution in [0.2, 0.25) is 0 Å². The fourth-order valence-corrected chi connectivity index (χ4v) is 7.89. The Morgan fingerprint density at radius 1 is 1.04 bits per heavy atom. The number of ether oxygens (including phenoxy) is 2. The van der Waals surface area contributed by atoms with Crippen LogP contribution in [-0.2, 0) is 36.6 Å². The van der Waals surface area contributed by atoms with Gasteiger partial charge in [-0.05, 0) is 88.1 Å². The summed E-state index contributed by atoms with van der Waals surface area (Å²) in [6.45, 7) is 8.37. The zero-order valence-electron chi connectivity index (χ0n) is 27.0. The van der Waals surface area contributed by atoms with Crippen molar-refractivity contribution in [3.8, 4) is 5.75 Å². The van der Waals surface area contributed by atoms with Gasteiger partial charge in [0, 0.05) is 18.5 Å². The fourth-order valence-electron chi connectivity index (χ4n) is 6.37. The number of amides is 1. The van der Waals surface area contributed by atoms with Crippen LogP contribution in [0, 0.1) is 55.4 Å². The molecular formula is C32H40F4N4O6S. The minimum Gasteiger partial charge on any atom is -0.479 e. The van der Waals surface area contributed by atoms with Crippen LogP contribution in [0.3, 0.4) is 0 Å². The van der Waals surface area contributed by atoms with Gasteiger partial charge in [0.1, 0.15) is 6.61 Å². The van der Waals surface area contributed by atoms with E-state index < -0.39 is 69.0 Å². The van der Waals surface area contributed by atoms with E-state index in [1.165, 1.54) is 0 Å². The van der Waals surface area contributed by atoms with Gasteiger partial charge in [-0.25, -0.2) is 21.9 Å². The Morgan fingerprint density at radius 2 is 1.66 bits per heavy atom. The molecule has 4 N–H and O–H groups in total. The molecule has 4 rings (SSSR count). The summed E-state index contributed by atoms with van der Waals surface area (Å²) in [6, 6.07) is -1.18. The summed E-state index contributed by atoms with van der Waals surface area (Å²) < 4.78 is 95.0. The van der Waals surface area contributed by atoms with E-state index in [0.29, 0.717) is 24.0 Å². The number of carbonyl (C=O) groups is 2. The van der Waals surface area contributed by atoms with Gasteiger partial charge >= 0.3 is 0 Å². The number of Topliss-reactive ketones (excluding diaryl/α,β-unsaturated/α-hetero) is 1. The minimum atomic E-state index is -4.18. The quantitative estimate of drug-likeness (QED) is 0.0823. The van der Waals surface area contributed by atoms with E-state index in [4.69, 9.17) is 14.9 Å². The number of hydrogen-bond acceptors (Lipinski definition) is 7. The molecule has 258 valence electrons. The molecule has 1 fully saturated rings. The molecule has 10 nitrogen and oxygen atoms in total. The third kappa shape index (κ3) is 7.72. The third-order valence-electron chi connectivity index (χ3n) is 8.89. The molecule has 0 bridgehead atoms. The van der Waals surface area contributed by atoms with E-state index in [2.05, 4.69) is 15.4 Å². The number of ketones is 1. The smallest absolute Gasteiger partial charge is 0.264 e. The topological polar surface area (TPSA) is 147 Å². The van der Waals surface area contributed by atoms with Gasteiger partial charge in [0.15, 0.2) is 23.2 Å². The molecule has 1 saturated carbocycles. The first-order valence-electron chi connectivity index (χ1n) is 15.4. The molecule has 1 amide bonds. The second kappa shape index (κ2) is 14.2. The molecule has 1 aliphatic carbocycles. The number of nitrogens with one attached hydrogen (secondary N) is 4. The van der Waals surface area contributed by atoms with Gasteiger partial charge in [-0.1, -0.05) is 12.8 Å². The molecule has 0 unspecified atom stereocenters. The lowest BCUT2D eigenvalue weighted by Gasteiger charge is -2.24. The van der Waals surface area contributed by atoms with Gasteiger partial charge in [-0.2, -0.15) is 8.78 Å². The number of benzene rings is 2. The van der Waals surface area contributed by atoms with Crippen molar-refractivity contribution >= 4 is 27.7 Å². The maximum Gasteiger partial charge on any atom is 0.264 e. The number of fused-ring (bicyclic) bond motifs is 1. The van der Waals surface area contributed by atoms with E-state index in [-0.39, 0.29) is 48.8 Å². The van der Waals surface area contributed by atoms with Gasteiger partial charge in [-0.3, -0.25) is 15.0 Å². The molecule has 2 aromatic carbocycles. The standard InChI is InChI=1S/C32H40F4N4O6S/c1-16-17(2)29(18(3)20-14-46-32(4,5)25(16)20)47(43,44)40-31(37)38-12-8-11-23(39-30(42)19-9-6-7-10-19)24(41)15-45-28-26(35)21(33)13-22(34)27(28)36/h13,19,23H,6-12,14-15H2,1-5H3,(H,39,42)(H3,37,38,40)/t23-/m0/s1. The molecule has 0 radical (unpaired) electrons. The second-order valence-corrected chi connectivity index (χ2v) is 14.1. The Morgan fingerprint density at radius 3 is 2.28 bits per heavy atom. The molecule has 1 heterocycles. The van der Waals surface area contributed by atoms with Gasteiger partial charge < -0.3 is 20.1 Å². The van der Waals surface area contributed by atoms with E-state index in [9.17, 15) is 35.6 Å². The molecule has 0 saturated heterocycles. The van der Waals surface area contributed by atoms with Crippen molar-refractivity contribution in [3.05, 3.63) is 57.2 Å². The van der Waals surface area contributed by atoms with Crippen LogP contribution in [0.25, 0.3) is 0 Å². The van der Waals surface area contributed by atoms with Gasteiger partial charge in [0.2, 0.25) is 23.5 Å². The summed E-state index contributed by atoms with van der Waals surface area (Å²) in [7, 11) is -4.18. The predicted octanol–water partition coefficient (Wildman–Crippen LogP) is 4.84. The molecule has 0 spiro atoms. The maximum absolute atomic E-state index is 14.0. The van der Waals surface area contributed by atoms with Crippen LogP contribution in [0.5, 0.6) is 5.75 Å². The fraction of sp³-hybridized carbons (Fsp3) is 0.531. The molecule has 1 atom stereocenters. The monoisotopic (exact) mass is 684 g/mol. The molecule has 2 aromatic rings. The molecular weight excluding hydrogens is 644 g/mol. The number of hydrogen-bond donors (Lipinski definition) is 4. The van der Waals surface area contributed by atoms with Crippen molar-refractivity contribution in [2.24, 2.45) is 5.92 Å². The second-order valence-electron chi connectivity index (χ2n) is 12.5. The number of halogens is 4. The Labute approximate surface area is 271 Å². The summed E-state index contributed by atoms with van der Waals surface area (Å²) in [6.07, 6.45) is 3.09. The zero-order chi connectivity index (χ0) is 34.8. The summed E-state index contributed by atoms with van der Waals surface area (Å²) in [5.41, 5.74) is 3.06. The highest BCUT2D eigenvalue weighted by Gasteiger charge is 2.38. The van der Waals surface area contributed by atoms with E-state index in [1.807, 2.05) is 20.8 Å². The number of sulfonamides is 1. The van der Waals surface area contributed by atoms with Crippen molar-refractivity contribution in [3.63, 3.8) is 0 Å². The highest BCUT2D eigenvalue weighted by Crippen LogP contribution is 2.43. The van der Waals surface area contributed by atoms with Crippen molar-refractivity contribution in [2.45, 2.75) is 96.3 Å². The average molecular weight is 685 g/mol. The highest BCUT2D eigenvalue weighted by atomic mass is 32.2. The van der Waals surface area contributed by atoms with Crippen molar-refractivity contribution in [2.75, 3.05) is 13.2 Å². The molecule has 0 aromatic heterocycles. The largest absolute Gasteiger partial charge is 0.479 e. The molecule has 47 heavy (non-hydrogen) atoms. The van der Waals surface area contributed by atoms with Crippen LogP contribution >= 0.6 is 0 Å². The number of carbonyl (C=O) groups excluding carboxylic acids is 2. The maximum atomic E-state index is 14.0. The summed E-state index contributed by atoms with van der Waals surface area (Å²) in [4.78, 5) is 25.9. The third-order valence-corrected chi connectivity index (χ3v) is 10.5. The molecule has 15 heteroatoms. The van der Waals surface area contributed by atoms with Crippen LogP contribution < -0.4 is 20.1 Å². The average Bonchev–Trinajstić information content (AvgIpc) is 3.64. The summed E-state index contributed by atoms with van der Waals surface area (Å²) in [5, 5.41) is 13.5. The van der Waals surface area contributed by atoms with Gasteiger partial charge in [-0.15, -0.1) is 0 Å². The van der Waals surface area contributed by atoms with Gasteiger partial charge in [0.25, 0.3) is 10.0 Å². The first-order valence-corrected chi connectivity index (χ1v) is 16.9. The van der Waals surface area contributed by atoms with E-state index in [0.717, 1.165) is 29.5 Å². The highest BCUT2D eigenvalue weighted by molar-refractivity contribution is 7.90. The van der Waals surface area contributed by atoms with Crippen molar-refractivity contribution in [1.29, 1.82) is 5.41 Å². The summed E-state index contributed by atoms with van der Waals surface area (Å²) in [5.74, 6) is -10.4. The lowest BCUT2D eigenvalue weighted by molar-refractivity contribution is -0.131. The van der Waals surface area contributed by atoms with Crippen molar-refractivity contribution in [1.82, 2.24) is 15.4 Å². The molecule has 2 aliphatic rings. The van der Waals surface area contributed by atoms with Crippen molar-refractivity contribution < 1.29 is 45.0 Å². The molecule has 1 aliphatic heterocycles. The van der Waals surface area contributed by atoms with Crippen LogP contribution in [0.4, 0.5) is 17.6 Å². The lowest BCUT2D eigenvalue weighted by atomic mass is 9.87. The first-order chi connectivity index (χ1) is 22.0. The van der Waals surface area contributed by atoms with Crippen LogP contribution in [0.15, 0.2) is 11.0 Å². The van der Waals surface area contributed by atoms with E-state index in [1.54, 1.807) is 13.8 Å². The minimum absolute atomic E-state index is 0.00681. The van der Waals surface area contributed by atoms with Crippen LogP contribution in [0.1, 0.15) is 80.2 Å². The number of rotatable bonds is 12. The lowest BCUT2D eigenvalue weighted by Crippen LogP contribution is -2.46. The SMILES string of the molecule is Cc1c(C)c(S(=O)(=O)NC(=N)NCCC[C@H](NC(=O)C2CCCC2)C(=O)COc2c(F)c(F)cc(F)c2F)c(C)c2c1C(C)(C)OC2. The normalized spacial score (nSPS) is 16.4. The summed E-state index contributed by atoms with van der Waals surface area (Å²) >= 11 is 0. The Kier molecular flexibility index (Phi) is 10.9. The number of guanidine groups is 1. The van der Waals surface area contributed by atoms with Gasteiger partial charge in [0.05, 0.1) is 23.1 Å². The Bertz CT molecular complexity index is 1670. The van der Waals surface area contributed by atoms with Crippen LogP contribution in [-0.4, -0.2) is 45.3 Å². The first kappa shape index (κ1) is 36.1. The predicted molar refractivity (Wildman–Crippen MR) is 164 cm³/mol. The van der Waals surface area contributed by atoms with E-state index >= 15 is 0 Å². The zero-order valence-corrected chi connectivity index (χ0v) is 27.8. The Hall–Kier alpha value is -3.72. The Balaban J connectivity index is 1.39.